The zero-order valence-corrected chi connectivity index (χ0v) is 14.9. The molecule has 1 N–H and O–H groups in total. The van der Waals surface area contributed by atoms with Gasteiger partial charge in [-0.3, -0.25) is 5.32 Å². The number of halogens is 1. The second-order valence-electron chi connectivity index (χ2n) is 5.90. The summed E-state index contributed by atoms with van der Waals surface area (Å²) >= 11 is 5.97. The lowest BCUT2D eigenvalue weighted by atomic mass is 10.2. The van der Waals surface area contributed by atoms with E-state index in [1.807, 2.05) is 42.5 Å². The predicted molar refractivity (Wildman–Crippen MR) is 105 cm³/mol. The van der Waals surface area contributed by atoms with Gasteiger partial charge in [0.05, 0.1) is 0 Å². The molecule has 4 rings (SSSR count). The molecule has 1 heterocycles. The van der Waals surface area contributed by atoms with Gasteiger partial charge in [0, 0.05) is 16.3 Å². The third-order valence-corrected chi connectivity index (χ3v) is 4.18. The van der Waals surface area contributed by atoms with Crippen LogP contribution in [0.15, 0.2) is 77.2 Å². The third kappa shape index (κ3) is 4.10. The Hall–Kier alpha value is -3.31. The van der Waals surface area contributed by atoms with Gasteiger partial charge >= 0.3 is 6.09 Å². The van der Waals surface area contributed by atoms with E-state index in [1.54, 1.807) is 30.3 Å². The number of carbonyl (C=O) groups is 1. The Kier molecular flexibility index (Phi) is 4.77. The highest BCUT2D eigenvalue weighted by atomic mass is 35.5. The van der Waals surface area contributed by atoms with Crippen molar-refractivity contribution in [2.45, 2.75) is 6.61 Å². The van der Waals surface area contributed by atoms with Gasteiger partial charge in [0.25, 0.3) is 0 Å². The normalized spacial score (nSPS) is 10.7. The lowest BCUT2D eigenvalue weighted by molar-refractivity contribution is 0.155. The van der Waals surface area contributed by atoms with Crippen molar-refractivity contribution in [1.82, 2.24) is 4.98 Å². The highest BCUT2D eigenvalue weighted by molar-refractivity contribution is 6.31. The average Bonchev–Trinajstić information content (AvgIpc) is 3.11. The molecular formula is C21H15ClN2O3. The Morgan fingerprint density at radius 2 is 1.81 bits per heavy atom. The molecule has 27 heavy (non-hydrogen) atoms. The Morgan fingerprint density at radius 3 is 2.59 bits per heavy atom. The van der Waals surface area contributed by atoms with Gasteiger partial charge in [-0.25, -0.2) is 9.78 Å². The molecule has 1 aromatic heterocycles. The standard InChI is InChI=1S/C21H15ClN2O3/c22-16-8-11-19-18(12-16)24-20(27-19)15-6-9-17(10-7-15)23-21(25)26-13-14-4-2-1-3-5-14/h1-12H,13H2,(H,23,25). The van der Waals surface area contributed by atoms with Crippen molar-refractivity contribution in [1.29, 1.82) is 0 Å². The lowest BCUT2D eigenvalue weighted by Crippen LogP contribution is -2.13. The topological polar surface area (TPSA) is 64.4 Å². The molecule has 0 fully saturated rings. The van der Waals surface area contributed by atoms with E-state index in [4.69, 9.17) is 20.8 Å². The van der Waals surface area contributed by atoms with Gasteiger partial charge in [0.1, 0.15) is 12.1 Å². The van der Waals surface area contributed by atoms with Gasteiger partial charge in [0.15, 0.2) is 5.58 Å². The predicted octanol–water partition coefficient (Wildman–Crippen LogP) is 5.90. The number of hydrogen-bond donors (Lipinski definition) is 1. The molecule has 0 aliphatic rings. The first kappa shape index (κ1) is 17.1. The zero-order valence-electron chi connectivity index (χ0n) is 14.2. The van der Waals surface area contributed by atoms with Crippen LogP contribution in [0.4, 0.5) is 10.5 Å². The summed E-state index contributed by atoms with van der Waals surface area (Å²) < 4.78 is 10.9. The van der Waals surface area contributed by atoms with Crippen molar-refractivity contribution in [2.24, 2.45) is 0 Å². The quantitative estimate of drug-likeness (QED) is 0.480. The minimum Gasteiger partial charge on any atom is -0.444 e. The van der Waals surface area contributed by atoms with Crippen molar-refractivity contribution in [3.05, 3.63) is 83.4 Å². The SMILES string of the molecule is O=C(Nc1ccc(-c2nc3cc(Cl)ccc3o2)cc1)OCc1ccccc1. The number of anilines is 1. The molecule has 0 saturated carbocycles. The number of nitrogens with one attached hydrogen (secondary N) is 1. The van der Waals surface area contributed by atoms with Gasteiger partial charge in [-0.2, -0.15) is 0 Å². The van der Waals surface area contributed by atoms with E-state index in [-0.39, 0.29) is 6.61 Å². The summed E-state index contributed by atoms with van der Waals surface area (Å²) in [5.74, 6) is 0.491. The van der Waals surface area contributed by atoms with E-state index in [0.29, 0.717) is 27.7 Å². The van der Waals surface area contributed by atoms with Crippen molar-refractivity contribution < 1.29 is 13.9 Å². The van der Waals surface area contributed by atoms with Crippen LogP contribution in [0.25, 0.3) is 22.6 Å². The van der Waals surface area contributed by atoms with E-state index >= 15 is 0 Å². The van der Waals surface area contributed by atoms with Gasteiger partial charge < -0.3 is 9.15 Å². The number of fused-ring (bicyclic) bond motifs is 1. The Morgan fingerprint density at radius 1 is 1.04 bits per heavy atom. The molecule has 0 radical (unpaired) electrons. The number of nitrogens with zero attached hydrogens (tertiary/aromatic N) is 1. The van der Waals surface area contributed by atoms with E-state index < -0.39 is 6.09 Å². The lowest BCUT2D eigenvalue weighted by Gasteiger charge is -2.07. The van der Waals surface area contributed by atoms with Gasteiger partial charge in [-0.05, 0) is 48.0 Å². The fourth-order valence-electron chi connectivity index (χ4n) is 2.60. The molecule has 5 nitrogen and oxygen atoms in total. The molecule has 0 aliphatic carbocycles. The first-order chi connectivity index (χ1) is 13.2. The number of carbonyl (C=O) groups excluding carboxylic acids is 1. The van der Waals surface area contributed by atoms with Gasteiger partial charge in [0.2, 0.25) is 5.89 Å². The van der Waals surface area contributed by atoms with Crippen molar-refractivity contribution in [2.75, 3.05) is 5.32 Å². The fourth-order valence-corrected chi connectivity index (χ4v) is 2.76. The average molecular weight is 379 g/mol. The first-order valence-corrected chi connectivity index (χ1v) is 8.69. The summed E-state index contributed by atoms with van der Waals surface area (Å²) in [6.07, 6.45) is -0.511. The molecular weight excluding hydrogens is 364 g/mol. The molecule has 134 valence electrons. The molecule has 6 heteroatoms. The van der Waals surface area contributed by atoms with E-state index in [0.717, 1.165) is 11.1 Å². The number of aromatic nitrogens is 1. The van der Waals surface area contributed by atoms with Crippen molar-refractivity contribution in [3.8, 4) is 11.5 Å². The van der Waals surface area contributed by atoms with Crippen LogP contribution in [0, 0.1) is 0 Å². The number of rotatable bonds is 4. The fraction of sp³-hybridized carbons (Fsp3) is 0.0476. The maximum Gasteiger partial charge on any atom is 0.411 e. The Labute approximate surface area is 160 Å². The summed E-state index contributed by atoms with van der Waals surface area (Å²) in [5.41, 5.74) is 3.71. The molecule has 4 aromatic rings. The smallest absolute Gasteiger partial charge is 0.411 e. The maximum atomic E-state index is 11.9. The Balaban J connectivity index is 1.41. The number of amides is 1. The molecule has 1 amide bonds. The van der Waals surface area contributed by atoms with Crippen LogP contribution < -0.4 is 5.32 Å². The van der Waals surface area contributed by atoms with Crippen LogP contribution in [0.1, 0.15) is 5.56 Å². The van der Waals surface area contributed by atoms with E-state index in [1.165, 1.54) is 0 Å². The minimum atomic E-state index is -0.511. The van der Waals surface area contributed by atoms with Gasteiger partial charge in [-0.1, -0.05) is 41.9 Å². The number of oxazole rings is 1. The van der Waals surface area contributed by atoms with Crippen LogP contribution in [-0.4, -0.2) is 11.1 Å². The highest BCUT2D eigenvalue weighted by Gasteiger charge is 2.09. The second-order valence-corrected chi connectivity index (χ2v) is 6.33. The molecule has 0 aliphatic heterocycles. The maximum absolute atomic E-state index is 11.9. The molecule has 0 bridgehead atoms. The van der Waals surface area contributed by atoms with E-state index in [2.05, 4.69) is 10.3 Å². The zero-order chi connectivity index (χ0) is 18.6. The van der Waals surface area contributed by atoms with Crippen LogP contribution >= 0.6 is 11.6 Å². The first-order valence-electron chi connectivity index (χ1n) is 8.32. The van der Waals surface area contributed by atoms with Gasteiger partial charge in [-0.15, -0.1) is 0 Å². The minimum absolute atomic E-state index is 0.218. The highest BCUT2D eigenvalue weighted by Crippen LogP contribution is 2.27. The molecule has 0 unspecified atom stereocenters. The molecule has 0 saturated heterocycles. The molecule has 0 atom stereocenters. The van der Waals surface area contributed by atoms with Crippen LogP contribution in [-0.2, 0) is 11.3 Å². The third-order valence-electron chi connectivity index (χ3n) is 3.94. The van der Waals surface area contributed by atoms with Crippen LogP contribution in [0.3, 0.4) is 0 Å². The second kappa shape index (κ2) is 7.51. The van der Waals surface area contributed by atoms with Crippen molar-refractivity contribution >= 4 is 34.5 Å². The molecule has 0 spiro atoms. The van der Waals surface area contributed by atoms with E-state index in [9.17, 15) is 4.79 Å². The van der Waals surface area contributed by atoms with Crippen molar-refractivity contribution in [3.63, 3.8) is 0 Å². The molecule has 3 aromatic carbocycles. The number of benzene rings is 3. The summed E-state index contributed by atoms with van der Waals surface area (Å²) in [4.78, 5) is 16.3. The summed E-state index contributed by atoms with van der Waals surface area (Å²) in [7, 11) is 0. The number of ether oxygens (including phenoxy) is 1. The summed E-state index contributed by atoms with van der Waals surface area (Å²) in [6.45, 7) is 0.218. The van der Waals surface area contributed by atoms with Crippen LogP contribution in [0.5, 0.6) is 0 Å². The summed E-state index contributed by atoms with van der Waals surface area (Å²) in [5, 5.41) is 3.30. The number of hydrogen-bond acceptors (Lipinski definition) is 4. The Bertz CT molecular complexity index is 1080. The largest absolute Gasteiger partial charge is 0.444 e. The van der Waals surface area contributed by atoms with Crippen LogP contribution in [0.2, 0.25) is 5.02 Å². The monoisotopic (exact) mass is 378 g/mol. The summed E-state index contributed by atoms with van der Waals surface area (Å²) in [6, 6.07) is 22.0.